The summed E-state index contributed by atoms with van der Waals surface area (Å²) >= 11 is 0. The summed E-state index contributed by atoms with van der Waals surface area (Å²) in [4.78, 5) is 0. The van der Waals surface area contributed by atoms with Crippen LogP contribution in [0, 0.1) is 6.92 Å². The fourth-order valence-corrected chi connectivity index (χ4v) is 4.13. The second-order valence-electron chi connectivity index (χ2n) is 7.39. The third-order valence-corrected chi connectivity index (χ3v) is 5.73. The number of ether oxygens (including phenoxy) is 3. The smallest absolute Gasteiger partial charge is 0.200 e. The molecule has 4 rings (SSSR count). The van der Waals surface area contributed by atoms with Crippen molar-refractivity contribution in [3.8, 4) is 34.5 Å². The predicted molar refractivity (Wildman–Crippen MR) is 112 cm³/mol. The quantitative estimate of drug-likeness (QED) is 0.592. The molecule has 0 spiro atoms. The number of methoxy groups -OCH3 is 2. The minimum absolute atomic E-state index is 0.0529. The van der Waals surface area contributed by atoms with E-state index >= 15 is 0 Å². The van der Waals surface area contributed by atoms with Crippen LogP contribution in [-0.4, -0.2) is 36.1 Å². The van der Waals surface area contributed by atoms with Gasteiger partial charge in [-0.15, -0.1) is 0 Å². The highest BCUT2D eigenvalue weighted by atomic mass is 16.5. The van der Waals surface area contributed by atoms with E-state index in [0.717, 1.165) is 16.7 Å². The molecular formula is C24H24O6. The van der Waals surface area contributed by atoms with Crippen LogP contribution < -0.4 is 14.2 Å². The normalized spacial score (nSPS) is 17.7. The number of aromatic hydroxyl groups is 3. The average molecular weight is 408 g/mol. The van der Waals surface area contributed by atoms with Crippen LogP contribution in [0.15, 0.2) is 48.5 Å². The van der Waals surface area contributed by atoms with Crippen LogP contribution in [0.25, 0.3) is 0 Å². The Morgan fingerprint density at radius 3 is 2.10 bits per heavy atom. The number of fused-ring (bicyclic) bond motifs is 1. The third kappa shape index (κ3) is 3.24. The number of hydrogen-bond donors (Lipinski definition) is 3. The fraction of sp³-hybridized carbons (Fsp3) is 0.250. The van der Waals surface area contributed by atoms with Gasteiger partial charge in [0.1, 0.15) is 17.2 Å². The Morgan fingerprint density at radius 2 is 1.50 bits per heavy atom. The Kier molecular flexibility index (Phi) is 5.08. The molecule has 0 unspecified atom stereocenters. The molecule has 6 heteroatoms. The number of phenols is 3. The molecule has 0 amide bonds. The zero-order valence-corrected chi connectivity index (χ0v) is 17.0. The summed E-state index contributed by atoms with van der Waals surface area (Å²) in [6, 6.07) is 14.2. The van der Waals surface area contributed by atoms with E-state index < -0.39 is 0 Å². The summed E-state index contributed by atoms with van der Waals surface area (Å²) in [6.07, 6.45) is 0. The van der Waals surface area contributed by atoms with Crippen molar-refractivity contribution in [3.05, 3.63) is 70.8 Å². The summed E-state index contributed by atoms with van der Waals surface area (Å²) in [5, 5.41) is 30.2. The van der Waals surface area contributed by atoms with Crippen LogP contribution in [0.4, 0.5) is 0 Å². The standard InChI is InChI=1S/C24H24O6/c1-13-19(26)9-8-17-22(14-4-6-16(25)7-5-14)18(12-30-24(13)17)15-10-20(28-2)23(27)21(11-15)29-3/h4-11,18,22,25-27H,12H2,1-3H3/t18-,22+/m0/s1. The van der Waals surface area contributed by atoms with Gasteiger partial charge in [-0.1, -0.05) is 18.2 Å². The zero-order chi connectivity index (χ0) is 21.4. The molecule has 1 aliphatic rings. The van der Waals surface area contributed by atoms with Gasteiger partial charge in [-0.3, -0.25) is 0 Å². The summed E-state index contributed by atoms with van der Waals surface area (Å²) < 4.78 is 16.8. The van der Waals surface area contributed by atoms with E-state index in [0.29, 0.717) is 29.4 Å². The molecule has 3 N–H and O–H groups in total. The molecule has 156 valence electrons. The summed E-state index contributed by atoms with van der Waals surface area (Å²) in [7, 11) is 2.99. The predicted octanol–water partition coefficient (Wildman–Crippen LogP) is 4.44. The third-order valence-electron chi connectivity index (χ3n) is 5.73. The number of rotatable bonds is 4. The molecule has 1 heterocycles. The lowest BCUT2D eigenvalue weighted by molar-refractivity contribution is 0.244. The van der Waals surface area contributed by atoms with Crippen molar-refractivity contribution < 1.29 is 29.5 Å². The van der Waals surface area contributed by atoms with Crippen molar-refractivity contribution in [3.63, 3.8) is 0 Å². The van der Waals surface area contributed by atoms with Gasteiger partial charge in [-0.2, -0.15) is 0 Å². The monoisotopic (exact) mass is 408 g/mol. The van der Waals surface area contributed by atoms with Crippen molar-refractivity contribution in [2.75, 3.05) is 20.8 Å². The van der Waals surface area contributed by atoms with Crippen LogP contribution >= 0.6 is 0 Å². The summed E-state index contributed by atoms with van der Waals surface area (Å²) in [5.74, 6) is 1.41. The van der Waals surface area contributed by atoms with Gasteiger partial charge in [0.05, 0.1) is 20.8 Å². The van der Waals surface area contributed by atoms with E-state index in [9.17, 15) is 15.3 Å². The average Bonchev–Trinajstić information content (AvgIpc) is 2.76. The lowest BCUT2D eigenvalue weighted by atomic mass is 9.75. The molecule has 0 saturated heterocycles. The van der Waals surface area contributed by atoms with Crippen molar-refractivity contribution in [2.45, 2.75) is 18.8 Å². The Hall–Kier alpha value is -3.54. The fourth-order valence-electron chi connectivity index (χ4n) is 4.13. The Morgan fingerprint density at radius 1 is 0.867 bits per heavy atom. The molecule has 0 fully saturated rings. The molecule has 6 nitrogen and oxygen atoms in total. The van der Waals surface area contributed by atoms with E-state index in [1.54, 1.807) is 30.3 Å². The molecule has 0 aliphatic carbocycles. The van der Waals surface area contributed by atoms with E-state index in [2.05, 4.69) is 0 Å². The first-order valence-corrected chi connectivity index (χ1v) is 9.63. The van der Waals surface area contributed by atoms with Crippen molar-refractivity contribution in [1.29, 1.82) is 0 Å². The van der Waals surface area contributed by atoms with Crippen LogP contribution in [0.3, 0.4) is 0 Å². The summed E-state index contributed by atoms with van der Waals surface area (Å²) in [6.45, 7) is 2.19. The van der Waals surface area contributed by atoms with E-state index in [4.69, 9.17) is 14.2 Å². The second-order valence-corrected chi connectivity index (χ2v) is 7.39. The van der Waals surface area contributed by atoms with Crippen LogP contribution in [-0.2, 0) is 0 Å². The minimum atomic E-state index is -0.116. The molecule has 0 radical (unpaired) electrons. The molecule has 3 aromatic rings. The Labute approximate surface area is 174 Å². The van der Waals surface area contributed by atoms with Gasteiger partial charge in [-0.05, 0) is 48.4 Å². The molecular weight excluding hydrogens is 384 g/mol. The first kappa shape index (κ1) is 19.8. The molecule has 30 heavy (non-hydrogen) atoms. The van der Waals surface area contributed by atoms with Crippen LogP contribution in [0.2, 0.25) is 0 Å². The SMILES string of the molecule is COc1cc([C@@H]2COc3c(ccc(O)c3C)[C@H]2c2ccc(O)cc2)cc(OC)c1O. The zero-order valence-electron chi connectivity index (χ0n) is 17.0. The van der Waals surface area contributed by atoms with Gasteiger partial charge in [0.25, 0.3) is 0 Å². The minimum Gasteiger partial charge on any atom is -0.508 e. The van der Waals surface area contributed by atoms with Gasteiger partial charge in [0.15, 0.2) is 11.5 Å². The van der Waals surface area contributed by atoms with Crippen molar-refractivity contribution >= 4 is 0 Å². The second kappa shape index (κ2) is 7.71. The number of phenolic OH excluding ortho intramolecular Hbond substituents is 3. The van der Waals surface area contributed by atoms with Crippen molar-refractivity contribution in [1.82, 2.24) is 0 Å². The van der Waals surface area contributed by atoms with Gasteiger partial charge < -0.3 is 29.5 Å². The lowest BCUT2D eigenvalue weighted by Crippen LogP contribution is -2.26. The molecule has 0 aromatic heterocycles. The highest BCUT2D eigenvalue weighted by Crippen LogP contribution is 2.50. The first-order chi connectivity index (χ1) is 14.4. The van der Waals surface area contributed by atoms with Crippen LogP contribution in [0.1, 0.15) is 34.1 Å². The Bertz CT molecular complexity index is 1050. The molecule has 0 bridgehead atoms. The van der Waals surface area contributed by atoms with Gasteiger partial charge in [0.2, 0.25) is 5.75 Å². The van der Waals surface area contributed by atoms with E-state index in [-0.39, 0.29) is 29.1 Å². The molecule has 0 saturated carbocycles. The summed E-state index contributed by atoms with van der Waals surface area (Å²) in [5.41, 5.74) is 3.52. The number of hydrogen-bond acceptors (Lipinski definition) is 6. The molecule has 3 aromatic carbocycles. The highest BCUT2D eigenvalue weighted by molar-refractivity contribution is 5.58. The van der Waals surface area contributed by atoms with Crippen molar-refractivity contribution in [2.24, 2.45) is 0 Å². The largest absolute Gasteiger partial charge is 0.508 e. The van der Waals surface area contributed by atoms with E-state index in [1.165, 1.54) is 14.2 Å². The first-order valence-electron chi connectivity index (χ1n) is 9.63. The number of benzene rings is 3. The molecule has 1 aliphatic heterocycles. The van der Waals surface area contributed by atoms with Gasteiger partial charge in [0, 0.05) is 23.0 Å². The van der Waals surface area contributed by atoms with Gasteiger partial charge in [-0.25, -0.2) is 0 Å². The van der Waals surface area contributed by atoms with E-state index in [1.807, 2.05) is 25.1 Å². The van der Waals surface area contributed by atoms with Gasteiger partial charge >= 0.3 is 0 Å². The topological polar surface area (TPSA) is 88.4 Å². The lowest BCUT2D eigenvalue weighted by Gasteiger charge is -2.35. The Balaban J connectivity index is 1.91. The molecule has 2 atom stereocenters. The highest BCUT2D eigenvalue weighted by Gasteiger charge is 2.35. The maximum absolute atomic E-state index is 10.3. The maximum Gasteiger partial charge on any atom is 0.200 e. The maximum atomic E-state index is 10.3. The van der Waals surface area contributed by atoms with Crippen LogP contribution in [0.5, 0.6) is 34.5 Å².